The Balaban J connectivity index is 2.64. The van der Waals surface area contributed by atoms with Gasteiger partial charge in [-0.25, -0.2) is 13.8 Å². The van der Waals surface area contributed by atoms with Gasteiger partial charge < -0.3 is 5.73 Å². The Kier molecular flexibility index (Phi) is 2.63. The number of halogens is 2. The van der Waals surface area contributed by atoms with Crippen LogP contribution in [-0.4, -0.2) is 4.98 Å². The molecular weight excluding hydrogens is 230 g/mol. The van der Waals surface area contributed by atoms with Gasteiger partial charge in [-0.2, -0.15) is 0 Å². The van der Waals surface area contributed by atoms with Crippen LogP contribution in [0.4, 0.5) is 13.9 Å². The quantitative estimate of drug-likeness (QED) is 0.830. The van der Waals surface area contributed by atoms with Crippen molar-refractivity contribution in [1.82, 2.24) is 4.98 Å². The lowest BCUT2D eigenvalue weighted by molar-refractivity contribution is 0.579. The molecular formula is C11H10F2N2S. The highest BCUT2D eigenvalue weighted by Crippen LogP contribution is 2.31. The van der Waals surface area contributed by atoms with E-state index < -0.39 is 11.6 Å². The molecule has 84 valence electrons. The van der Waals surface area contributed by atoms with Crippen LogP contribution in [-0.2, 0) is 0 Å². The van der Waals surface area contributed by atoms with E-state index in [-0.39, 0.29) is 0 Å². The van der Waals surface area contributed by atoms with E-state index in [0.29, 0.717) is 22.0 Å². The molecule has 5 heteroatoms. The van der Waals surface area contributed by atoms with Gasteiger partial charge in [0.05, 0.1) is 5.69 Å². The summed E-state index contributed by atoms with van der Waals surface area (Å²) < 4.78 is 26.7. The van der Waals surface area contributed by atoms with Crippen LogP contribution < -0.4 is 5.73 Å². The predicted molar refractivity (Wildman–Crippen MR) is 61.4 cm³/mol. The minimum absolute atomic E-state index is 0.296. The summed E-state index contributed by atoms with van der Waals surface area (Å²) in [6, 6.07) is 2.33. The van der Waals surface area contributed by atoms with Crippen molar-refractivity contribution in [2.24, 2.45) is 0 Å². The SMILES string of the molecule is Cc1cc(-c2nc(N)sc2C)c(F)cc1F. The van der Waals surface area contributed by atoms with Crippen LogP contribution in [0, 0.1) is 25.5 Å². The Morgan fingerprint density at radius 2 is 1.88 bits per heavy atom. The van der Waals surface area contributed by atoms with Gasteiger partial charge in [-0.15, -0.1) is 11.3 Å². The molecule has 2 aromatic rings. The van der Waals surface area contributed by atoms with Crippen molar-refractivity contribution in [3.8, 4) is 11.3 Å². The maximum atomic E-state index is 13.6. The van der Waals surface area contributed by atoms with E-state index in [0.717, 1.165) is 10.9 Å². The summed E-state index contributed by atoms with van der Waals surface area (Å²) in [5, 5.41) is 0.383. The summed E-state index contributed by atoms with van der Waals surface area (Å²) in [7, 11) is 0. The largest absolute Gasteiger partial charge is 0.375 e. The van der Waals surface area contributed by atoms with E-state index in [1.807, 2.05) is 6.92 Å². The average molecular weight is 240 g/mol. The number of benzene rings is 1. The lowest BCUT2D eigenvalue weighted by Gasteiger charge is -2.03. The monoisotopic (exact) mass is 240 g/mol. The van der Waals surface area contributed by atoms with E-state index in [1.165, 1.54) is 17.4 Å². The summed E-state index contributed by atoms with van der Waals surface area (Å²) in [4.78, 5) is 4.87. The number of hydrogen-bond donors (Lipinski definition) is 1. The van der Waals surface area contributed by atoms with Gasteiger partial charge in [-0.05, 0) is 25.5 Å². The van der Waals surface area contributed by atoms with E-state index in [9.17, 15) is 8.78 Å². The summed E-state index contributed by atoms with van der Waals surface area (Å²) in [5.41, 5.74) is 6.72. The first kappa shape index (κ1) is 11.0. The fourth-order valence-electron chi connectivity index (χ4n) is 1.51. The Bertz CT molecular complexity index is 549. The molecule has 0 aliphatic carbocycles. The van der Waals surface area contributed by atoms with Gasteiger partial charge in [-0.3, -0.25) is 0 Å². The lowest BCUT2D eigenvalue weighted by atomic mass is 10.1. The number of nitrogens with zero attached hydrogens (tertiary/aromatic N) is 1. The zero-order valence-electron chi connectivity index (χ0n) is 8.84. The van der Waals surface area contributed by atoms with Crippen LogP contribution in [0.1, 0.15) is 10.4 Å². The zero-order chi connectivity index (χ0) is 11.9. The topological polar surface area (TPSA) is 38.9 Å². The van der Waals surface area contributed by atoms with Crippen LogP contribution in [0.3, 0.4) is 0 Å². The second-order valence-electron chi connectivity index (χ2n) is 3.54. The highest BCUT2D eigenvalue weighted by atomic mass is 32.1. The molecule has 1 aromatic carbocycles. The summed E-state index contributed by atoms with van der Waals surface area (Å²) in [6.07, 6.45) is 0. The van der Waals surface area contributed by atoms with Crippen LogP contribution in [0.5, 0.6) is 0 Å². The smallest absolute Gasteiger partial charge is 0.180 e. The molecule has 0 bridgehead atoms. The molecule has 2 rings (SSSR count). The van der Waals surface area contributed by atoms with Crippen molar-refractivity contribution < 1.29 is 8.78 Å². The highest BCUT2D eigenvalue weighted by Gasteiger charge is 2.14. The maximum absolute atomic E-state index is 13.6. The third-order valence-electron chi connectivity index (χ3n) is 2.32. The fourth-order valence-corrected chi connectivity index (χ4v) is 2.21. The van der Waals surface area contributed by atoms with Crippen molar-refractivity contribution >= 4 is 16.5 Å². The van der Waals surface area contributed by atoms with Crippen molar-refractivity contribution in [2.75, 3.05) is 5.73 Å². The number of thiazole rings is 1. The molecule has 0 fully saturated rings. The molecule has 1 heterocycles. The van der Waals surface area contributed by atoms with Gasteiger partial charge in [0.2, 0.25) is 0 Å². The van der Waals surface area contributed by atoms with Gasteiger partial charge in [-0.1, -0.05) is 0 Å². The van der Waals surface area contributed by atoms with Gasteiger partial charge in [0.1, 0.15) is 11.6 Å². The van der Waals surface area contributed by atoms with E-state index in [2.05, 4.69) is 4.98 Å². The predicted octanol–water partition coefficient (Wildman–Crippen LogP) is 3.29. The molecule has 1 aromatic heterocycles. The molecule has 0 aliphatic rings. The van der Waals surface area contributed by atoms with Gasteiger partial charge in [0.15, 0.2) is 5.13 Å². The number of rotatable bonds is 1. The molecule has 0 unspecified atom stereocenters. The molecule has 16 heavy (non-hydrogen) atoms. The van der Waals surface area contributed by atoms with Gasteiger partial charge in [0, 0.05) is 16.5 Å². The van der Waals surface area contributed by atoms with Crippen LogP contribution in [0.2, 0.25) is 0 Å². The molecule has 0 aliphatic heterocycles. The molecule has 2 N–H and O–H groups in total. The minimum Gasteiger partial charge on any atom is -0.375 e. The third-order valence-corrected chi connectivity index (χ3v) is 3.12. The van der Waals surface area contributed by atoms with E-state index in [4.69, 9.17) is 5.73 Å². The number of nitrogen functional groups attached to an aromatic ring is 1. The Morgan fingerprint density at radius 1 is 1.19 bits per heavy atom. The van der Waals surface area contributed by atoms with Gasteiger partial charge >= 0.3 is 0 Å². The second-order valence-corrected chi connectivity index (χ2v) is 4.77. The first-order valence-electron chi connectivity index (χ1n) is 4.68. The van der Waals surface area contributed by atoms with E-state index >= 15 is 0 Å². The van der Waals surface area contributed by atoms with Crippen LogP contribution >= 0.6 is 11.3 Å². The van der Waals surface area contributed by atoms with E-state index in [1.54, 1.807) is 6.92 Å². The molecule has 0 spiro atoms. The summed E-state index contributed by atoms with van der Waals surface area (Å²) >= 11 is 1.29. The molecule has 0 atom stereocenters. The number of aryl methyl sites for hydroxylation is 2. The Labute approximate surface area is 95.7 Å². The van der Waals surface area contributed by atoms with Crippen molar-refractivity contribution in [3.63, 3.8) is 0 Å². The first-order valence-corrected chi connectivity index (χ1v) is 5.49. The number of aromatic nitrogens is 1. The summed E-state index contributed by atoms with van der Waals surface area (Å²) in [6.45, 7) is 3.39. The molecule has 0 amide bonds. The van der Waals surface area contributed by atoms with Crippen molar-refractivity contribution in [3.05, 3.63) is 34.2 Å². The average Bonchev–Trinajstić information content (AvgIpc) is 2.51. The normalized spacial score (nSPS) is 10.8. The van der Waals surface area contributed by atoms with Crippen LogP contribution in [0.15, 0.2) is 12.1 Å². The summed E-state index contributed by atoms with van der Waals surface area (Å²) in [5.74, 6) is -1.17. The third kappa shape index (κ3) is 1.78. The van der Waals surface area contributed by atoms with Crippen LogP contribution in [0.25, 0.3) is 11.3 Å². The molecule has 0 radical (unpaired) electrons. The lowest BCUT2D eigenvalue weighted by Crippen LogP contribution is -1.92. The fraction of sp³-hybridized carbons (Fsp3) is 0.182. The standard InChI is InChI=1S/C11H10F2N2S/c1-5-3-7(9(13)4-8(5)12)10-6(2)16-11(14)15-10/h3-4H,1-2H3,(H2,14,15). The molecule has 0 saturated carbocycles. The number of anilines is 1. The highest BCUT2D eigenvalue weighted by molar-refractivity contribution is 7.15. The first-order chi connectivity index (χ1) is 7.49. The van der Waals surface area contributed by atoms with Crippen molar-refractivity contribution in [1.29, 1.82) is 0 Å². The Morgan fingerprint density at radius 3 is 2.44 bits per heavy atom. The minimum atomic E-state index is -0.614. The maximum Gasteiger partial charge on any atom is 0.180 e. The Hall–Kier alpha value is -1.49. The molecule has 2 nitrogen and oxygen atoms in total. The zero-order valence-corrected chi connectivity index (χ0v) is 9.66. The van der Waals surface area contributed by atoms with Gasteiger partial charge in [0.25, 0.3) is 0 Å². The second kappa shape index (κ2) is 3.83. The number of nitrogens with two attached hydrogens (primary N) is 1. The molecule has 0 saturated heterocycles. The van der Waals surface area contributed by atoms with Crippen molar-refractivity contribution in [2.45, 2.75) is 13.8 Å². The number of hydrogen-bond acceptors (Lipinski definition) is 3.